The molecule has 23 heavy (non-hydrogen) atoms. The molecule has 0 unspecified atom stereocenters. The molecule has 4 heteroatoms. The molecule has 2 aromatic carbocycles. The van der Waals surface area contributed by atoms with Gasteiger partial charge in [0.25, 0.3) is 0 Å². The first kappa shape index (κ1) is 15.0. The highest BCUT2D eigenvalue weighted by atomic mass is 16.4. The quantitative estimate of drug-likeness (QED) is 0.759. The minimum atomic E-state index is -0.900. The fourth-order valence-electron chi connectivity index (χ4n) is 2.56. The van der Waals surface area contributed by atoms with E-state index in [1.807, 2.05) is 42.7 Å². The number of benzene rings is 2. The third-order valence-electron chi connectivity index (χ3n) is 3.84. The van der Waals surface area contributed by atoms with Crippen molar-refractivity contribution in [2.24, 2.45) is 0 Å². The van der Waals surface area contributed by atoms with Crippen LogP contribution < -0.4 is 0 Å². The third kappa shape index (κ3) is 3.86. The average molecular weight is 306 g/mol. The number of rotatable bonds is 6. The zero-order valence-corrected chi connectivity index (χ0v) is 12.7. The van der Waals surface area contributed by atoms with Gasteiger partial charge in [0.1, 0.15) is 5.82 Å². The van der Waals surface area contributed by atoms with Crippen LogP contribution in [0.4, 0.5) is 0 Å². The van der Waals surface area contributed by atoms with Crippen molar-refractivity contribution >= 4 is 5.97 Å². The first-order valence-corrected chi connectivity index (χ1v) is 7.58. The van der Waals surface area contributed by atoms with Gasteiger partial charge in [-0.3, -0.25) is 0 Å². The van der Waals surface area contributed by atoms with Crippen LogP contribution in [0, 0.1) is 0 Å². The molecule has 0 bridgehead atoms. The molecule has 0 aliphatic rings. The summed E-state index contributed by atoms with van der Waals surface area (Å²) in [6.07, 6.45) is 5.61. The summed E-state index contributed by atoms with van der Waals surface area (Å²) in [4.78, 5) is 15.3. The molecule has 3 rings (SSSR count). The van der Waals surface area contributed by atoms with Crippen molar-refractivity contribution < 1.29 is 9.90 Å². The molecule has 0 atom stereocenters. The van der Waals surface area contributed by atoms with E-state index < -0.39 is 5.97 Å². The van der Waals surface area contributed by atoms with Crippen LogP contribution in [-0.4, -0.2) is 20.6 Å². The van der Waals surface area contributed by atoms with Gasteiger partial charge in [-0.25, -0.2) is 9.78 Å². The summed E-state index contributed by atoms with van der Waals surface area (Å²) >= 11 is 0. The Morgan fingerprint density at radius 3 is 2.39 bits per heavy atom. The van der Waals surface area contributed by atoms with Crippen LogP contribution in [0.5, 0.6) is 0 Å². The van der Waals surface area contributed by atoms with Crippen LogP contribution in [0.1, 0.15) is 27.3 Å². The standard InChI is InChI=1S/C19H18N2O2/c22-19(23)17-9-6-16(7-10-17)14-21-13-12-20-18(21)11-8-15-4-2-1-3-5-15/h1-7,9-10,12-13H,8,11,14H2,(H,22,23). The van der Waals surface area contributed by atoms with Gasteiger partial charge in [-0.05, 0) is 29.7 Å². The van der Waals surface area contributed by atoms with Crippen LogP contribution >= 0.6 is 0 Å². The summed E-state index contributed by atoms with van der Waals surface area (Å²) in [5.74, 6) is 0.138. The van der Waals surface area contributed by atoms with Crippen LogP contribution in [0.2, 0.25) is 0 Å². The van der Waals surface area contributed by atoms with Gasteiger partial charge in [0, 0.05) is 25.4 Å². The molecule has 0 fully saturated rings. The second kappa shape index (κ2) is 6.92. The SMILES string of the molecule is O=C(O)c1ccc(Cn2ccnc2CCc2ccccc2)cc1. The van der Waals surface area contributed by atoms with Gasteiger partial charge in [-0.15, -0.1) is 0 Å². The summed E-state index contributed by atoms with van der Waals surface area (Å²) < 4.78 is 2.11. The first-order chi connectivity index (χ1) is 11.2. The van der Waals surface area contributed by atoms with E-state index in [0.29, 0.717) is 12.1 Å². The van der Waals surface area contributed by atoms with Crippen molar-refractivity contribution in [3.05, 3.63) is 89.5 Å². The van der Waals surface area contributed by atoms with Crippen LogP contribution in [0.25, 0.3) is 0 Å². The van der Waals surface area contributed by atoms with Gasteiger partial charge < -0.3 is 9.67 Å². The highest BCUT2D eigenvalue weighted by Gasteiger charge is 2.06. The number of aromatic nitrogens is 2. The molecule has 1 aromatic heterocycles. The van der Waals surface area contributed by atoms with Crippen molar-refractivity contribution in [3.8, 4) is 0 Å². The number of carbonyl (C=O) groups is 1. The molecule has 0 aliphatic heterocycles. The molecule has 0 saturated heterocycles. The van der Waals surface area contributed by atoms with E-state index in [9.17, 15) is 4.79 Å². The van der Waals surface area contributed by atoms with Gasteiger partial charge in [0.15, 0.2) is 0 Å². The molecule has 1 N–H and O–H groups in total. The summed E-state index contributed by atoms with van der Waals surface area (Å²) in [7, 11) is 0. The summed E-state index contributed by atoms with van der Waals surface area (Å²) in [5.41, 5.74) is 2.67. The van der Waals surface area contributed by atoms with E-state index >= 15 is 0 Å². The third-order valence-corrected chi connectivity index (χ3v) is 3.84. The highest BCUT2D eigenvalue weighted by Crippen LogP contribution is 2.10. The van der Waals surface area contributed by atoms with E-state index in [-0.39, 0.29) is 0 Å². The molecule has 3 aromatic rings. The summed E-state index contributed by atoms with van der Waals surface area (Å²) in [6, 6.07) is 17.3. The second-order valence-electron chi connectivity index (χ2n) is 5.46. The maximum Gasteiger partial charge on any atom is 0.335 e. The van der Waals surface area contributed by atoms with E-state index in [1.165, 1.54) is 5.56 Å². The zero-order chi connectivity index (χ0) is 16.1. The first-order valence-electron chi connectivity index (χ1n) is 7.58. The molecular formula is C19H18N2O2. The fourth-order valence-corrected chi connectivity index (χ4v) is 2.56. The summed E-state index contributed by atoms with van der Waals surface area (Å²) in [5, 5.41) is 8.94. The molecule has 0 saturated carbocycles. The highest BCUT2D eigenvalue weighted by molar-refractivity contribution is 5.87. The largest absolute Gasteiger partial charge is 0.478 e. The lowest BCUT2D eigenvalue weighted by atomic mass is 10.1. The molecule has 4 nitrogen and oxygen atoms in total. The van der Waals surface area contributed by atoms with Gasteiger partial charge in [-0.1, -0.05) is 42.5 Å². The average Bonchev–Trinajstić information content (AvgIpc) is 3.01. The Kier molecular flexibility index (Phi) is 4.52. The van der Waals surface area contributed by atoms with E-state index in [0.717, 1.165) is 24.2 Å². The smallest absolute Gasteiger partial charge is 0.335 e. The number of hydrogen-bond donors (Lipinski definition) is 1. The number of hydrogen-bond acceptors (Lipinski definition) is 2. The second-order valence-corrected chi connectivity index (χ2v) is 5.46. The van der Waals surface area contributed by atoms with Gasteiger partial charge in [0.2, 0.25) is 0 Å². The lowest BCUT2D eigenvalue weighted by Crippen LogP contribution is -2.06. The van der Waals surface area contributed by atoms with Gasteiger partial charge in [0.05, 0.1) is 5.56 Å². The number of carboxylic acids is 1. The van der Waals surface area contributed by atoms with Crippen LogP contribution in [-0.2, 0) is 19.4 Å². The molecule has 0 amide bonds. The Bertz CT molecular complexity index is 777. The number of aryl methyl sites for hydroxylation is 2. The molecule has 0 spiro atoms. The number of carboxylic acid groups (broad SMARTS) is 1. The Morgan fingerprint density at radius 1 is 0.957 bits per heavy atom. The maximum atomic E-state index is 10.9. The normalized spacial score (nSPS) is 10.6. The molecule has 116 valence electrons. The fraction of sp³-hybridized carbons (Fsp3) is 0.158. The van der Waals surface area contributed by atoms with Gasteiger partial charge >= 0.3 is 5.97 Å². The van der Waals surface area contributed by atoms with Crippen molar-refractivity contribution in [2.45, 2.75) is 19.4 Å². The molecule has 1 heterocycles. The van der Waals surface area contributed by atoms with Crippen molar-refractivity contribution in [1.29, 1.82) is 0 Å². The predicted molar refractivity (Wildman–Crippen MR) is 88.6 cm³/mol. The Labute approximate surface area is 135 Å². The van der Waals surface area contributed by atoms with Crippen LogP contribution in [0.3, 0.4) is 0 Å². The van der Waals surface area contributed by atoms with Gasteiger partial charge in [-0.2, -0.15) is 0 Å². The molecule has 0 aliphatic carbocycles. The lowest BCUT2D eigenvalue weighted by Gasteiger charge is -2.08. The van der Waals surface area contributed by atoms with Crippen molar-refractivity contribution in [2.75, 3.05) is 0 Å². The summed E-state index contributed by atoms with van der Waals surface area (Å²) in [6.45, 7) is 0.698. The van der Waals surface area contributed by atoms with Crippen LogP contribution in [0.15, 0.2) is 67.0 Å². The minimum absolute atomic E-state index is 0.309. The maximum absolute atomic E-state index is 10.9. The van der Waals surface area contributed by atoms with E-state index in [2.05, 4.69) is 21.7 Å². The molecule has 0 radical (unpaired) electrons. The Hall–Kier alpha value is -2.88. The minimum Gasteiger partial charge on any atom is -0.478 e. The van der Waals surface area contributed by atoms with Crippen molar-refractivity contribution in [3.63, 3.8) is 0 Å². The number of nitrogens with zero attached hydrogens (tertiary/aromatic N) is 2. The Balaban J connectivity index is 1.67. The van der Waals surface area contributed by atoms with E-state index in [4.69, 9.17) is 5.11 Å². The number of imidazole rings is 1. The zero-order valence-electron chi connectivity index (χ0n) is 12.7. The predicted octanol–water partition coefficient (Wildman–Crippen LogP) is 3.41. The van der Waals surface area contributed by atoms with E-state index in [1.54, 1.807) is 12.1 Å². The Morgan fingerprint density at radius 2 is 1.70 bits per heavy atom. The topological polar surface area (TPSA) is 55.1 Å². The molecular weight excluding hydrogens is 288 g/mol. The lowest BCUT2D eigenvalue weighted by molar-refractivity contribution is 0.0697. The van der Waals surface area contributed by atoms with Crippen molar-refractivity contribution in [1.82, 2.24) is 9.55 Å². The monoisotopic (exact) mass is 306 g/mol. The number of aromatic carboxylic acids is 1.